The Labute approximate surface area is 130 Å². The quantitative estimate of drug-likeness (QED) is 0.704. The van der Waals surface area contributed by atoms with Crippen LogP contribution in [-0.2, 0) is 9.53 Å². The van der Waals surface area contributed by atoms with Crippen LogP contribution >= 0.6 is 0 Å². The number of ether oxygens (including phenoxy) is 1. The highest BCUT2D eigenvalue weighted by molar-refractivity contribution is 5.77. The van der Waals surface area contributed by atoms with Gasteiger partial charge in [-0.2, -0.15) is 0 Å². The van der Waals surface area contributed by atoms with Crippen LogP contribution in [0.1, 0.15) is 46.0 Å². The summed E-state index contributed by atoms with van der Waals surface area (Å²) in [7, 11) is 2.43. The Morgan fingerprint density at radius 3 is 2.57 bits per heavy atom. The molecule has 0 aliphatic carbocycles. The van der Waals surface area contributed by atoms with E-state index in [0.717, 1.165) is 25.7 Å². The van der Waals surface area contributed by atoms with Crippen molar-refractivity contribution < 1.29 is 14.0 Å². The van der Waals surface area contributed by atoms with Gasteiger partial charge in [0.15, 0.2) is 0 Å². The molecule has 0 aromatic heterocycles. The second kappa shape index (κ2) is 7.59. The normalized spacial score (nSPS) is 32.5. The lowest BCUT2D eigenvalue weighted by atomic mass is 9.82. The summed E-state index contributed by atoms with van der Waals surface area (Å²) in [5.74, 6) is 0.783. The molecule has 2 saturated heterocycles. The number of fused-ring (bicyclic) bond motifs is 1. The van der Waals surface area contributed by atoms with Crippen molar-refractivity contribution in [2.24, 2.45) is 5.92 Å². The van der Waals surface area contributed by atoms with Gasteiger partial charge in [0, 0.05) is 25.4 Å². The first-order valence-electron chi connectivity index (χ1n) is 8.80. The smallest absolute Gasteiger partial charge is 0.248 e. The van der Waals surface area contributed by atoms with Gasteiger partial charge in [-0.3, -0.25) is 4.79 Å². The Hall–Kier alpha value is -0.610. The minimum atomic E-state index is 0.136. The van der Waals surface area contributed by atoms with Crippen molar-refractivity contribution in [3.63, 3.8) is 0 Å². The lowest BCUT2D eigenvalue weighted by Crippen LogP contribution is -2.61. The molecule has 2 fully saturated rings. The maximum Gasteiger partial charge on any atom is 0.248 e. The number of quaternary nitrogens is 1. The van der Waals surface area contributed by atoms with Gasteiger partial charge in [-0.1, -0.05) is 0 Å². The van der Waals surface area contributed by atoms with Gasteiger partial charge in [-0.15, -0.1) is 0 Å². The van der Waals surface area contributed by atoms with E-state index in [4.69, 9.17) is 4.74 Å². The Morgan fingerprint density at radius 2 is 1.86 bits per heavy atom. The van der Waals surface area contributed by atoms with Gasteiger partial charge in [0.25, 0.3) is 0 Å². The van der Waals surface area contributed by atoms with Crippen LogP contribution in [0.2, 0.25) is 0 Å². The summed E-state index contributed by atoms with van der Waals surface area (Å²) in [5, 5.41) is 0. The first-order valence-corrected chi connectivity index (χ1v) is 8.80. The lowest BCUT2D eigenvalue weighted by molar-refractivity contribution is -0.947. The van der Waals surface area contributed by atoms with Crippen molar-refractivity contribution in [1.82, 2.24) is 4.90 Å². The third-order valence-corrected chi connectivity index (χ3v) is 5.68. The summed E-state index contributed by atoms with van der Waals surface area (Å²) in [6, 6.07) is 0.760. The van der Waals surface area contributed by atoms with Gasteiger partial charge in [-0.05, 0) is 39.5 Å². The second-order valence-corrected chi connectivity index (χ2v) is 6.97. The molecule has 3 atom stereocenters. The molecule has 0 saturated carbocycles. The minimum absolute atomic E-state index is 0.136. The zero-order valence-electron chi connectivity index (χ0n) is 14.1. The van der Waals surface area contributed by atoms with E-state index < -0.39 is 0 Å². The summed E-state index contributed by atoms with van der Waals surface area (Å²) in [4.78, 5) is 13.8. The molecule has 4 nitrogen and oxygen atoms in total. The average Bonchev–Trinajstić information content (AvgIpc) is 2.48. The van der Waals surface area contributed by atoms with Crippen LogP contribution in [0.25, 0.3) is 0 Å². The summed E-state index contributed by atoms with van der Waals surface area (Å²) in [6.07, 6.45) is 6.67. The van der Waals surface area contributed by atoms with Crippen molar-refractivity contribution >= 4 is 5.91 Å². The monoisotopic (exact) mass is 297 g/mol. The van der Waals surface area contributed by atoms with Gasteiger partial charge in [0.1, 0.15) is 6.61 Å². The Bertz CT molecular complexity index is 340. The third-order valence-electron chi connectivity index (χ3n) is 5.68. The molecule has 0 N–H and O–H groups in total. The number of hydrogen-bond acceptors (Lipinski definition) is 2. The molecular weight excluding hydrogens is 264 g/mol. The van der Waals surface area contributed by atoms with Crippen molar-refractivity contribution in [3.05, 3.63) is 0 Å². The summed E-state index contributed by atoms with van der Waals surface area (Å²) >= 11 is 0. The molecule has 21 heavy (non-hydrogen) atoms. The largest absolute Gasteiger partial charge is 0.371 e. The predicted octanol–water partition coefficient (Wildman–Crippen LogP) is 2.28. The molecule has 2 heterocycles. The van der Waals surface area contributed by atoms with Crippen molar-refractivity contribution in [3.8, 4) is 0 Å². The first kappa shape index (κ1) is 16.8. The van der Waals surface area contributed by atoms with Crippen molar-refractivity contribution in [1.29, 1.82) is 0 Å². The van der Waals surface area contributed by atoms with Crippen molar-refractivity contribution in [2.75, 3.05) is 46.4 Å². The number of nitrogens with zero attached hydrogens (tertiary/aromatic N) is 2. The predicted molar refractivity (Wildman–Crippen MR) is 85.0 cm³/mol. The topological polar surface area (TPSA) is 29.5 Å². The number of carbonyl (C=O) groups is 1. The Balaban J connectivity index is 1.81. The number of carbonyl (C=O) groups excluding carboxylic acids is 1. The molecule has 4 heteroatoms. The molecule has 0 spiro atoms. The van der Waals surface area contributed by atoms with Crippen LogP contribution in [0.5, 0.6) is 0 Å². The highest BCUT2D eigenvalue weighted by Crippen LogP contribution is 2.36. The van der Waals surface area contributed by atoms with E-state index in [0.29, 0.717) is 5.92 Å². The van der Waals surface area contributed by atoms with E-state index in [1.165, 1.54) is 49.7 Å². The summed E-state index contributed by atoms with van der Waals surface area (Å²) < 4.78 is 7.06. The number of likely N-dealkylation sites (N-methyl/N-ethyl adjacent to an activating group) is 1. The van der Waals surface area contributed by atoms with Gasteiger partial charge in [0.05, 0.1) is 32.8 Å². The highest BCUT2D eigenvalue weighted by atomic mass is 16.5. The molecule has 0 bridgehead atoms. The van der Waals surface area contributed by atoms with Gasteiger partial charge < -0.3 is 14.1 Å². The zero-order chi connectivity index (χ0) is 15.3. The van der Waals surface area contributed by atoms with Crippen LogP contribution in [-0.4, -0.2) is 67.8 Å². The number of piperidine rings is 2. The maximum absolute atomic E-state index is 12.0. The van der Waals surface area contributed by atoms with E-state index in [-0.39, 0.29) is 12.5 Å². The zero-order valence-corrected chi connectivity index (χ0v) is 14.1. The highest BCUT2D eigenvalue weighted by Gasteiger charge is 2.43. The Kier molecular flexibility index (Phi) is 6.06. The minimum Gasteiger partial charge on any atom is -0.371 e. The van der Waals surface area contributed by atoms with Gasteiger partial charge >= 0.3 is 0 Å². The van der Waals surface area contributed by atoms with Crippen LogP contribution in [0.3, 0.4) is 0 Å². The van der Waals surface area contributed by atoms with E-state index in [1.54, 1.807) is 0 Å². The average molecular weight is 297 g/mol. The second-order valence-electron chi connectivity index (χ2n) is 6.97. The maximum atomic E-state index is 12.0. The fraction of sp³-hybridized carbons (Fsp3) is 0.941. The molecule has 0 radical (unpaired) electrons. The molecule has 2 rings (SSSR count). The molecule has 2 aliphatic heterocycles. The fourth-order valence-corrected chi connectivity index (χ4v) is 4.39. The molecular formula is C17H33N2O2+. The first-order chi connectivity index (χ1) is 10.1. The van der Waals surface area contributed by atoms with E-state index in [2.05, 4.69) is 7.05 Å². The van der Waals surface area contributed by atoms with Gasteiger partial charge in [-0.25, -0.2) is 0 Å². The molecule has 0 aromatic rings. The van der Waals surface area contributed by atoms with Crippen molar-refractivity contribution in [2.45, 2.75) is 52.0 Å². The third kappa shape index (κ3) is 3.98. The summed E-state index contributed by atoms with van der Waals surface area (Å²) in [5.41, 5.74) is 0. The van der Waals surface area contributed by atoms with E-state index in [9.17, 15) is 4.79 Å². The van der Waals surface area contributed by atoms with Crippen LogP contribution in [0, 0.1) is 5.92 Å². The Morgan fingerprint density at radius 1 is 1.14 bits per heavy atom. The standard InChI is InChI=1S/C17H33N2O2/c1-4-18(5-2)17(20)14-21-13-15-9-8-12-19(3)11-7-6-10-16(15)19/h15-16H,4-14H2,1-3H3/q+1/t15-,16-,19+/m0/s1. The van der Waals surface area contributed by atoms with E-state index >= 15 is 0 Å². The van der Waals surface area contributed by atoms with Crippen LogP contribution in [0.4, 0.5) is 0 Å². The van der Waals surface area contributed by atoms with E-state index in [1.807, 2.05) is 18.7 Å². The molecule has 1 amide bonds. The SMILES string of the molecule is CCN(CC)C(=O)COC[C@@H]1CCC[N@@+]2(C)CCCC[C@@H]12. The van der Waals surface area contributed by atoms with Crippen LogP contribution in [0.15, 0.2) is 0 Å². The molecule has 122 valence electrons. The fourth-order valence-electron chi connectivity index (χ4n) is 4.39. The number of hydrogen-bond donors (Lipinski definition) is 0. The molecule has 2 aliphatic rings. The molecule has 0 unspecified atom stereocenters. The van der Waals surface area contributed by atoms with Crippen LogP contribution < -0.4 is 0 Å². The number of rotatable bonds is 6. The summed E-state index contributed by atoms with van der Waals surface area (Å²) in [6.45, 7) is 9.29. The van der Waals surface area contributed by atoms with Gasteiger partial charge in [0.2, 0.25) is 5.91 Å². The number of amides is 1. The lowest BCUT2D eigenvalue weighted by Gasteiger charge is -2.51. The molecule has 0 aromatic carbocycles.